The first-order valence-electron chi connectivity index (χ1n) is 10.1. The molecule has 0 radical (unpaired) electrons. The van der Waals surface area contributed by atoms with Gasteiger partial charge >= 0.3 is 6.03 Å². The first-order chi connectivity index (χ1) is 14.6. The van der Waals surface area contributed by atoms with Crippen LogP contribution in [0.3, 0.4) is 0 Å². The Balaban J connectivity index is 1.51. The Kier molecular flexibility index (Phi) is 6.19. The van der Waals surface area contributed by atoms with E-state index in [0.717, 1.165) is 16.0 Å². The molecule has 1 aliphatic rings. The predicted molar refractivity (Wildman–Crippen MR) is 120 cm³/mol. The van der Waals surface area contributed by atoms with Crippen LogP contribution >= 0.6 is 11.8 Å². The van der Waals surface area contributed by atoms with Crippen molar-refractivity contribution >= 4 is 23.7 Å². The number of hydrogen-bond donors (Lipinski definition) is 1. The third-order valence-electron chi connectivity index (χ3n) is 5.31. The van der Waals surface area contributed by atoms with Crippen LogP contribution in [-0.4, -0.2) is 22.2 Å². The van der Waals surface area contributed by atoms with Crippen molar-refractivity contribution in [3.8, 4) is 0 Å². The van der Waals surface area contributed by atoms with Crippen LogP contribution in [0.15, 0.2) is 95.9 Å². The molecule has 1 fully saturated rings. The number of imide groups is 1. The third kappa shape index (κ3) is 4.41. The van der Waals surface area contributed by atoms with Gasteiger partial charge in [0, 0.05) is 4.90 Å². The van der Waals surface area contributed by atoms with Crippen LogP contribution in [0.25, 0.3) is 0 Å². The quantitative estimate of drug-likeness (QED) is 0.557. The van der Waals surface area contributed by atoms with Crippen molar-refractivity contribution in [2.45, 2.75) is 29.7 Å². The molecule has 4 rings (SSSR count). The van der Waals surface area contributed by atoms with E-state index in [1.807, 2.05) is 97.9 Å². The van der Waals surface area contributed by atoms with E-state index in [9.17, 15) is 9.59 Å². The smallest absolute Gasteiger partial charge is 0.325 e. The van der Waals surface area contributed by atoms with E-state index in [1.54, 1.807) is 11.8 Å². The van der Waals surface area contributed by atoms with Crippen LogP contribution in [0.4, 0.5) is 4.79 Å². The summed E-state index contributed by atoms with van der Waals surface area (Å²) >= 11 is 1.57. The molecule has 1 N–H and O–H groups in total. The Morgan fingerprint density at radius 1 is 0.933 bits per heavy atom. The highest BCUT2D eigenvalue weighted by Crippen LogP contribution is 2.41. The number of rotatable bonds is 6. The Morgan fingerprint density at radius 3 is 2.13 bits per heavy atom. The average Bonchev–Trinajstić information content (AvgIpc) is 2.79. The number of nitrogens with zero attached hydrogens (tertiary/aromatic N) is 1. The van der Waals surface area contributed by atoms with Gasteiger partial charge in [-0.25, -0.2) is 4.79 Å². The predicted octanol–water partition coefficient (Wildman–Crippen LogP) is 5.28. The number of benzene rings is 3. The minimum absolute atomic E-state index is 0.120. The molecule has 3 aromatic carbocycles. The summed E-state index contributed by atoms with van der Waals surface area (Å²) in [6.45, 7) is 1.93. The molecule has 0 bridgehead atoms. The van der Waals surface area contributed by atoms with Crippen LogP contribution < -0.4 is 5.32 Å². The van der Waals surface area contributed by atoms with Crippen LogP contribution in [0.2, 0.25) is 0 Å². The van der Waals surface area contributed by atoms with Gasteiger partial charge in [0.2, 0.25) is 5.91 Å². The fourth-order valence-electron chi connectivity index (χ4n) is 3.65. The van der Waals surface area contributed by atoms with Gasteiger partial charge in [-0.15, -0.1) is 0 Å². The van der Waals surface area contributed by atoms with Crippen LogP contribution in [-0.2, 0) is 11.2 Å². The van der Waals surface area contributed by atoms with Crippen molar-refractivity contribution < 1.29 is 9.59 Å². The maximum atomic E-state index is 13.0. The van der Waals surface area contributed by atoms with E-state index in [0.29, 0.717) is 6.42 Å². The van der Waals surface area contributed by atoms with Crippen molar-refractivity contribution in [2.24, 2.45) is 5.92 Å². The number of nitrogens with one attached hydrogen (secondary N) is 1. The monoisotopic (exact) mass is 416 g/mol. The van der Waals surface area contributed by atoms with Gasteiger partial charge in [0.05, 0.1) is 12.0 Å². The lowest BCUT2D eigenvalue weighted by Crippen LogP contribution is -2.64. The zero-order valence-electron chi connectivity index (χ0n) is 16.8. The Labute approximate surface area is 181 Å². The van der Waals surface area contributed by atoms with Gasteiger partial charge in [-0.2, -0.15) is 0 Å². The highest BCUT2D eigenvalue weighted by Gasteiger charge is 2.51. The standard InChI is InChI=1S/C25H24N2O2S/c1-18(20-13-7-3-8-14-20)26-25(29)27-23(28)22(17-19-11-5-2-6-12-19)24(27)30-21-15-9-4-10-16-21/h2-16,18,22,24H,17H2,1H3,(H,26,29). The second kappa shape index (κ2) is 9.18. The fraction of sp³-hybridized carbons (Fsp3) is 0.200. The van der Waals surface area contributed by atoms with Crippen molar-refractivity contribution in [2.75, 3.05) is 0 Å². The second-order valence-corrected chi connectivity index (χ2v) is 8.60. The molecule has 0 aliphatic carbocycles. The lowest BCUT2D eigenvalue weighted by atomic mass is 9.91. The molecule has 1 aliphatic heterocycles. The maximum Gasteiger partial charge on any atom is 0.325 e. The number of amides is 3. The van der Waals surface area contributed by atoms with Crippen LogP contribution in [0, 0.1) is 5.92 Å². The van der Waals surface area contributed by atoms with Crippen molar-refractivity contribution in [1.82, 2.24) is 10.2 Å². The van der Waals surface area contributed by atoms with Gasteiger partial charge in [0.1, 0.15) is 5.37 Å². The number of hydrogen-bond acceptors (Lipinski definition) is 3. The average molecular weight is 417 g/mol. The summed E-state index contributed by atoms with van der Waals surface area (Å²) < 4.78 is 0. The Morgan fingerprint density at radius 2 is 1.50 bits per heavy atom. The summed E-state index contributed by atoms with van der Waals surface area (Å²) in [5.41, 5.74) is 2.11. The molecule has 0 saturated carbocycles. The summed E-state index contributed by atoms with van der Waals surface area (Å²) in [5, 5.41) is 2.75. The number of carbonyl (C=O) groups excluding carboxylic acids is 2. The fourth-order valence-corrected chi connectivity index (χ4v) is 4.92. The zero-order valence-corrected chi connectivity index (χ0v) is 17.6. The highest BCUT2D eigenvalue weighted by atomic mass is 32.2. The lowest BCUT2D eigenvalue weighted by molar-refractivity contribution is -0.144. The lowest BCUT2D eigenvalue weighted by Gasteiger charge is -2.45. The molecule has 3 aromatic rings. The summed E-state index contributed by atoms with van der Waals surface area (Å²) in [6.07, 6.45) is 0.627. The summed E-state index contributed by atoms with van der Waals surface area (Å²) in [4.78, 5) is 28.4. The topological polar surface area (TPSA) is 49.4 Å². The largest absolute Gasteiger partial charge is 0.331 e. The SMILES string of the molecule is CC(NC(=O)N1C(=O)C(Cc2ccccc2)C1Sc1ccccc1)c1ccccc1. The third-order valence-corrected chi connectivity index (χ3v) is 6.64. The molecule has 3 atom stereocenters. The summed E-state index contributed by atoms with van der Waals surface area (Å²) in [6, 6.07) is 29.1. The first-order valence-corrected chi connectivity index (χ1v) is 11.0. The van der Waals surface area contributed by atoms with Gasteiger partial charge in [-0.1, -0.05) is 90.6 Å². The van der Waals surface area contributed by atoms with Crippen molar-refractivity contribution in [1.29, 1.82) is 0 Å². The van der Waals surface area contributed by atoms with E-state index in [2.05, 4.69) is 5.32 Å². The molecule has 0 aromatic heterocycles. The number of likely N-dealkylation sites (tertiary alicyclic amines) is 1. The maximum absolute atomic E-state index is 13.0. The van der Waals surface area contributed by atoms with E-state index < -0.39 is 0 Å². The van der Waals surface area contributed by atoms with E-state index in [1.165, 1.54) is 4.90 Å². The molecule has 152 valence electrons. The first kappa shape index (κ1) is 20.2. The van der Waals surface area contributed by atoms with Gasteiger partial charge in [0.25, 0.3) is 0 Å². The van der Waals surface area contributed by atoms with Gasteiger partial charge in [0.15, 0.2) is 0 Å². The normalized spacial score (nSPS) is 19.1. The number of thioether (sulfide) groups is 1. The zero-order chi connectivity index (χ0) is 20.9. The van der Waals surface area contributed by atoms with Gasteiger partial charge in [-0.05, 0) is 36.6 Å². The number of β-lactam (4-membered cyclic amide) rings is 1. The summed E-state index contributed by atoms with van der Waals surface area (Å²) in [7, 11) is 0. The molecule has 1 saturated heterocycles. The molecule has 3 unspecified atom stereocenters. The molecule has 4 nitrogen and oxygen atoms in total. The van der Waals surface area contributed by atoms with Crippen molar-refractivity contribution in [3.63, 3.8) is 0 Å². The van der Waals surface area contributed by atoms with Gasteiger partial charge in [-0.3, -0.25) is 9.69 Å². The second-order valence-electron chi connectivity index (χ2n) is 7.41. The van der Waals surface area contributed by atoms with Crippen LogP contribution in [0.5, 0.6) is 0 Å². The number of urea groups is 1. The van der Waals surface area contributed by atoms with E-state index in [4.69, 9.17) is 0 Å². The number of carbonyl (C=O) groups is 2. The Bertz CT molecular complexity index is 995. The molecular formula is C25H24N2O2S. The van der Waals surface area contributed by atoms with E-state index in [-0.39, 0.29) is 29.3 Å². The van der Waals surface area contributed by atoms with Crippen molar-refractivity contribution in [3.05, 3.63) is 102 Å². The molecule has 30 heavy (non-hydrogen) atoms. The van der Waals surface area contributed by atoms with Crippen LogP contribution in [0.1, 0.15) is 24.1 Å². The highest BCUT2D eigenvalue weighted by molar-refractivity contribution is 8.00. The van der Waals surface area contributed by atoms with E-state index >= 15 is 0 Å². The molecule has 0 spiro atoms. The molecule has 1 heterocycles. The van der Waals surface area contributed by atoms with Gasteiger partial charge < -0.3 is 5.32 Å². The summed E-state index contributed by atoms with van der Waals surface area (Å²) in [5.74, 6) is -0.347. The minimum atomic E-state index is -0.339. The molecule has 5 heteroatoms. The molecular weight excluding hydrogens is 392 g/mol. The minimum Gasteiger partial charge on any atom is -0.331 e. The Hall–Kier alpha value is -3.05. The molecule has 3 amide bonds.